The fourth-order valence-corrected chi connectivity index (χ4v) is 3.82. The van der Waals surface area contributed by atoms with Gasteiger partial charge in [-0.1, -0.05) is 0 Å². The van der Waals surface area contributed by atoms with Crippen molar-refractivity contribution in [2.75, 3.05) is 18.6 Å². The highest BCUT2D eigenvalue weighted by Crippen LogP contribution is 2.31. The van der Waals surface area contributed by atoms with Crippen molar-refractivity contribution in [3.8, 4) is 11.5 Å². The quantitative estimate of drug-likeness (QED) is 0.830. The summed E-state index contributed by atoms with van der Waals surface area (Å²) in [7, 11) is -1.79. The van der Waals surface area contributed by atoms with Gasteiger partial charge in [-0.2, -0.15) is 0 Å². The van der Waals surface area contributed by atoms with Crippen molar-refractivity contribution in [3.63, 3.8) is 0 Å². The van der Waals surface area contributed by atoms with Crippen molar-refractivity contribution >= 4 is 9.84 Å². The van der Waals surface area contributed by atoms with Crippen LogP contribution in [0.4, 0.5) is 0 Å². The number of ether oxygens (including phenoxy) is 2. The summed E-state index contributed by atoms with van der Waals surface area (Å²) in [5.41, 5.74) is 0.516. The molecule has 1 aromatic rings. The highest BCUT2D eigenvalue weighted by atomic mass is 32.2. The Balaban J connectivity index is 2.28. The van der Waals surface area contributed by atoms with E-state index in [1.165, 1.54) is 7.11 Å². The average molecular weight is 302 g/mol. The lowest BCUT2D eigenvalue weighted by atomic mass is 10.1. The van der Waals surface area contributed by atoms with Crippen LogP contribution in [0.3, 0.4) is 0 Å². The number of hydrogen-bond acceptors (Lipinski definition) is 6. The van der Waals surface area contributed by atoms with Gasteiger partial charge in [-0.25, -0.2) is 8.42 Å². The third-order valence-electron chi connectivity index (χ3n) is 3.22. The molecule has 3 atom stereocenters. The minimum atomic E-state index is -3.28. The molecule has 0 saturated carbocycles. The second kappa shape index (κ2) is 5.59. The first-order valence-corrected chi connectivity index (χ1v) is 8.05. The molecule has 1 aromatic carbocycles. The molecule has 20 heavy (non-hydrogen) atoms. The number of hydrogen-bond donors (Lipinski definition) is 2. The zero-order chi connectivity index (χ0) is 14.9. The van der Waals surface area contributed by atoms with Crippen LogP contribution in [-0.4, -0.2) is 49.5 Å². The molecule has 1 heterocycles. The molecule has 0 spiro atoms. The van der Waals surface area contributed by atoms with Crippen molar-refractivity contribution < 1.29 is 28.1 Å². The smallest absolute Gasteiger partial charge is 0.156 e. The third-order valence-corrected chi connectivity index (χ3v) is 4.91. The Kier molecular flexibility index (Phi) is 4.22. The monoisotopic (exact) mass is 302 g/mol. The number of rotatable bonds is 4. The van der Waals surface area contributed by atoms with E-state index in [9.17, 15) is 18.6 Å². The lowest BCUT2D eigenvalue weighted by Crippen LogP contribution is -2.30. The van der Waals surface area contributed by atoms with Crippen molar-refractivity contribution in [2.24, 2.45) is 0 Å². The molecule has 0 aromatic heterocycles. The zero-order valence-electron chi connectivity index (χ0n) is 11.3. The van der Waals surface area contributed by atoms with Crippen LogP contribution in [0.1, 0.15) is 18.6 Å². The van der Waals surface area contributed by atoms with Gasteiger partial charge >= 0.3 is 0 Å². The lowest BCUT2D eigenvalue weighted by Gasteiger charge is -2.20. The molecule has 112 valence electrons. The van der Waals surface area contributed by atoms with Crippen LogP contribution in [-0.2, 0) is 9.84 Å². The number of sulfone groups is 1. The number of aliphatic hydroxyl groups is 2. The first kappa shape index (κ1) is 15.1. The normalized spacial score (nSPS) is 26.2. The Morgan fingerprint density at radius 3 is 2.55 bits per heavy atom. The second-order valence-corrected chi connectivity index (χ2v) is 7.03. The van der Waals surface area contributed by atoms with Gasteiger partial charge in [0.05, 0.1) is 24.7 Å². The molecule has 2 unspecified atom stereocenters. The Labute approximate surface area is 117 Å². The van der Waals surface area contributed by atoms with E-state index in [0.717, 1.165) is 0 Å². The lowest BCUT2D eigenvalue weighted by molar-refractivity contribution is 0.0705. The fourth-order valence-electron chi connectivity index (χ4n) is 2.16. The van der Waals surface area contributed by atoms with Gasteiger partial charge in [-0.15, -0.1) is 0 Å². The number of benzene rings is 1. The molecule has 1 saturated heterocycles. The Morgan fingerprint density at radius 2 is 2.05 bits per heavy atom. The summed E-state index contributed by atoms with van der Waals surface area (Å²) in [5, 5.41) is 19.5. The second-order valence-electron chi connectivity index (χ2n) is 4.88. The minimum Gasteiger partial charge on any atom is -0.497 e. The highest BCUT2D eigenvalue weighted by Gasteiger charge is 2.38. The zero-order valence-corrected chi connectivity index (χ0v) is 12.1. The van der Waals surface area contributed by atoms with Crippen LogP contribution in [0, 0.1) is 0 Å². The molecule has 0 radical (unpaired) electrons. The summed E-state index contributed by atoms with van der Waals surface area (Å²) in [6.07, 6.45) is -2.66. The maximum atomic E-state index is 11.5. The third kappa shape index (κ3) is 3.23. The van der Waals surface area contributed by atoms with E-state index in [1.807, 2.05) is 0 Å². The van der Waals surface area contributed by atoms with E-state index >= 15 is 0 Å². The molecule has 0 bridgehead atoms. The van der Waals surface area contributed by atoms with Gasteiger partial charge in [0.1, 0.15) is 23.7 Å². The van der Waals surface area contributed by atoms with Crippen LogP contribution in [0.2, 0.25) is 0 Å². The molecule has 6 nitrogen and oxygen atoms in total. The van der Waals surface area contributed by atoms with E-state index in [2.05, 4.69) is 0 Å². The van der Waals surface area contributed by atoms with Gasteiger partial charge in [0.2, 0.25) is 0 Å². The molecule has 1 aliphatic heterocycles. The molecular formula is C13H18O6S. The summed E-state index contributed by atoms with van der Waals surface area (Å²) >= 11 is 0. The molecule has 2 rings (SSSR count). The molecule has 2 N–H and O–H groups in total. The summed E-state index contributed by atoms with van der Waals surface area (Å²) in [5.74, 6) is 0.316. The van der Waals surface area contributed by atoms with Gasteiger partial charge in [0, 0.05) is 11.6 Å². The minimum absolute atomic E-state index is 0.232. The fraction of sp³-hybridized carbons (Fsp3) is 0.538. The van der Waals surface area contributed by atoms with Gasteiger partial charge in [0.25, 0.3) is 0 Å². The van der Waals surface area contributed by atoms with Gasteiger partial charge in [-0.05, 0) is 19.1 Å². The highest BCUT2D eigenvalue weighted by molar-refractivity contribution is 7.91. The van der Waals surface area contributed by atoms with E-state index < -0.39 is 28.1 Å². The predicted octanol–water partition coefficient (Wildman–Crippen LogP) is 0.285. The maximum Gasteiger partial charge on any atom is 0.156 e. The van der Waals surface area contributed by atoms with Crippen molar-refractivity contribution in [1.82, 2.24) is 0 Å². The van der Waals surface area contributed by atoms with E-state index in [1.54, 1.807) is 25.1 Å². The molecule has 7 heteroatoms. The van der Waals surface area contributed by atoms with Crippen LogP contribution in [0.5, 0.6) is 11.5 Å². The van der Waals surface area contributed by atoms with Crippen molar-refractivity contribution in [2.45, 2.75) is 25.2 Å². The predicted molar refractivity (Wildman–Crippen MR) is 72.7 cm³/mol. The van der Waals surface area contributed by atoms with Gasteiger partial charge < -0.3 is 19.7 Å². The Bertz CT molecular complexity index is 581. The van der Waals surface area contributed by atoms with Crippen LogP contribution >= 0.6 is 0 Å². The topological polar surface area (TPSA) is 93.1 Å². The van der Waals surface area contributed by atoms with E-state index in [-0.39, 0.29) is 11.5 Å². The Morgan fingerprint density at radius 1 is 1.35 bits per heavy atom. The van der Waals surface area contributed by atoms with Gasteiger partial charge in [0.15, 0.2) is 9.84 Å². The first-order chi connectivity index (χ1) is 9.32. The average Bonchev–Trinajstić information content (AvgIpc) is 2.61. The van der Waals surface area contributed by atoms with Crippen molar-refractivity contribution in [1.29, 1.82) is 0 Å². The van der Waals surface area contributed by atoms with Crippen LogP contribution < -0.4 is 9.47 Å². The van der Waals surface area contributed by atoms with E-state index in [4.69, 9.17) is 9.47 Å². The Hall–Kier alpha value is -1.31. The summed E-state index contributed by atoms with van der Waals surface area (Å²) in [4.78, 5) is 0. The van der Waals surface area contributed by atoms with Crippen LogP contribution in [0.15, 0.2) is 18.2 Å². The van der Waals surface area contributed by atoms with E-state index in [0.29, 0.717) is 17.1 Å². The number of aliphatic hydroxyl groups excluding tert-OH is 2. The molecular weight excluding hydrogens is 284 g/mol. The summed E-state index contributed by atoms with van der Waals surface area (Å²) < 4.78 is 33.6. The molecule has 1 aliphatic rings. The molecule has 1 fully saturated rings. The summed E-state index contributed by atoms with van der Waals surface area (Å²) in [6, 6.07) is 4.89. The largest absolute Gasteiger partial charge is 0.497 e. The molecule has 0 amide bonds. The van der Waals surface area contributed by atoms with Crippen LogP contribution in [0.25, 0.3) is 0 Å². The van der Waals surface area contributed by atoms with Crippen molar-refractivity contribution in [3.05, 3.63) is 23.8 Å². The molecule has 0 aliphatic carbocycles. The SMILES string of the molecule is COc1ccc([C@H](C)O)c(OC2CS(=O)(=O)CC2O)c1. The number of methoxy groups -OCH3 is 1. The first-order valence-electron chi connectivity index (χ1n) is 6.23. The standard InChI is InChI=1S/C13H18O6S/c1-8(14)10-4-3-9(18-2)5-12(10)19-13-7-20(16,17)6-11(13)15/h3-5,8,11,13-15H,6-7H2,1-2H3/t8-,11?,13?/m0/s1. The maximum absolute atomic E-state index is 11.5. The van der Waals surface area contributed by atoms with Gasteiger partial charge in [-0.3, -0.25) is 0 Å². The summed E-state index contributed by atoms with van der Waals surface area (Å²) in [6.45, 7) is 1.58.